The Morgan fingerprint density at radius 3 is 1.90 bits per heavy atom. The van der Waals surface area contributed by atoms with E-state index in [1.54, 1.807) is 18.2 Å². The van der Waals surface area contributed by atoms with Crippen LogP contribution in [-0.2, 0) is 16.0 Å². The van der Waals surface area contributed by atoms with Crippen LogP contribution in [0.15, 0.2) is 66.7 Å². The van der Waals surface area contributed by atoms with E-state index >= 15 is 0 Å². The third-order valence-electron chi connectivity index (χ3n) is 6.21. The number of ether oxygens (including phenoxy) is 3. The van der Waals surface area contributed by atoms with Gasteiger partial charge in [0.1, 0.15) is 23.9 Å². The van der Waals surface area contributed by atoms with Gasteiger partial charge >= 0.3 is 12.1 Å². The van der Waals surface area contributed by atoms with Crippen LogP contribution in [0, 0.1) is 0 Å². The zero-order chi connectivity index (χ0) is 28.4. The molecule has 1 unspecified atom stereocenters. The molecule has 0 aromatic heterocycles. The third kappa shape index (κ3) is 7.11. The maximum absolute atomic E-state index is 12.8. The molecule has 0 spiro atoms. The number of hydrogen-bond donors (Lipinski definition) is 2. The summed E-state index contributed by atoms with van der Waals surface area (Å²) in [4.78, 5) is 24.8. The molecule has 7 heteroatoms. The van der Waals surface area contributed by atoms with Crippen molar-refractivity contribution in [3.05, 3.63) is 83.4 Å². The van der Waals surface area contributed by atoms with Gasteiger partial charge in [0.25, 0.3) is 0 Å². The molecule has 3 aromatic rings. The van der Waals surface area contributed by atoms with E-state index < -0.39 is 29.3 Å². The molecule has 39 heavy (non-hydrogen) atoms. The number of hydrogen-bond acceptors (Lipinski definition) is 5. The molecule has 0 saturated carbocycles. The Bertz CT molecular complexity index is 1310. The summed E-state index contributed by atoms with van der Waals surface area (Å²) in [6.45, 7) is 11.7. The molecule has 0 saturated heterocycles. The van der Waals surface area contributed by atoms with Gasteiger partial charge in [-0.25, -0.2) is 9.59 Å². The molecular weight excluding hydrogens is 494 g/mol. The number of carbonyl (C=O) groups excluding carboxylic acids is 1. The minimum atomic E-state index is -1.18. The van der Waals surface area contributed by atoms with Crippen molar-refractivity contribution < 1.29 is 28.9 Å². The van der Waals surface area contributed by atoms with E-state index in [0.29, 0.717) is 17.1 Å². The number of amides is 1. The highest BCUT2D eigenvalue weighted by Crippen LogP contribution is 2.44. The van der Waals surface area contributed by atoms with E-state index in [-0.39, 0.29) is 18.9 Å². The molecule has 0 aliphatic heterocycles. The molecular formula is C32H37NO6. The first kappa shape index (κ1) is 28.0. The highest BCUT2D eigenvalue weighted by Gasteiger charge is 2.30. The molecule has 7 nitrogen and oxygen atoms in total. The Morgan fingerprint density at radius 1 is 0.821 bits per heavy atom. The van der Waals surface area contributed by atoms with Gasteiger partial charge in [-0.15, -0.1) is 0 Å². The van der Waals surface area contributed by atoms with Crippen molar-refractivity contribution in [2.45, 2.75) is 71.1 Å². The zero-order valence-electron chi connectivity index (χ0n) is 23.4. The Kier molecular flexibility index (Phi) is 7.91. The predicted octanol–water partition coefficient (Wildman–Crippen LogP) is 6.58. The molecule has 1 aliphatic carbocycles. The van der Waals surface area contributed by atoms with Crippen molar-refractivity contribution >= 4 is 12.1 Å². The summed E-state index contributed by atoms with van der Waals surface area (Å²) in [5.74, 6) is -0.187. The topological polar surface area (TPSA) is 94.1 Å². The molecule has 206 valence electrons. The second-order valence-electron chi connectivity index (χ2n) is 11.8. The van der Waals surface area contributed by atoms with E-state index in [2.05, 4.69) is 17.4 Å². The third-order valence-corrected chi connectivity index (χ3v) is 6.21. The van der Waals surface area contributed by atoms with Gasteiger partial charge in [0, 0.05) is 12.3 Å². The Balaban J connectivity index is 1.45. The number of aliphatic carboxylic acids is 1. The lowest BCUT2D eigenvalue weighted by Gasteiger charge is -2.27. The normalized spacial score (nSPS) is 13.7. The Morgan fingerprint density at radius 2 is 1.36 bits per heavy atom. The molecule has 4 rings (SSSR count). The minimum Gasteiger partial charge on any atom is -0.484 e. The number of benzene rings is 3. The number of carboxylic acid groups (broad SMARTS) is 1. The van der Waals surface area contributed by atoms with Gasteiger partial charge in [-0.1, -0.05) is 54.6 Å². The van der Waals surface area contributed by atoms with Crippen LogP contribution in [-0.4, -0.2) is 41.0 Å². The van der Waals surface area contributed by atoms with E-state index in [1.165, 1.54) is 0 Å². The van der Waals surface area contributed by atoms with Gasteiger partial charge in [-0.3, -0.25) is 0 Å². The number of carbonyl (C=O) groups is 2. The SMILES string of the molecule is CC(C)(C)Oc1ccc(CC(NC(=O)OCC2c3ccccc3-c3ccccc32)C(=O)O)cc1OC(C)(C)C. The lowest BCUT2D eigenvalue weighted by molar-refractivity contribution is -0.139. The fourth-order valence-electron chi connectivity index (χ4n) is 4.72. The lowest BCUT2D eigenvalue weighted by Crippen LogP contribution is -2.43. The van der Waals surface area contributed by atoms with Crippen LogP contribution < -0.4 is 14.8 Å². The average Bonchev–Trinajstić information content (AvgIpc) is 3.16. The molecule has 1 amide bonds. The fraction of sp³-hybridized carbons (Fsp3) is 0.375. The molecule has 0 heterocycles. The monoisotopic (exact) mass is 531 g/mol. The summed E-state index contributed by atoms with van der Waals surface area (Å²) >= 11 is 0. The van der Waals surface area contributed by atoms with Crippen molar-refractivity contribution in [2.24, 2.45) is 0 Å². The summed E-state index contributed by atoms with van der Waals surface area (Å²) in [7, 11) is 0. The van der Waals surface area contributed by atoms with Crippen LogP contribution in [0.3, 0.4) is 0 Å². The standard InChI is InChI=1S/C32H37NO6/c1-31(2,3)38-27-16-15-20(18-28(27)39-32(4,5)6)17-26(29(34)35)33-30(36)37-19-25-23-13-9-7-11-21(23)22-12-8-10-14-24(22)25/h7-16,18,25-26H,17,19H2,1-6H3,(H,33,36)(H,34,35). The number of carboxylic acids is 1. The van der Waals surface area contributed by atoms with Crippen molar-refractivity contribution in [1.29, 1.82) is 0 Å². The van der Waals surface area contributed by atoms with Crippen molar-refractivity contribution in [3.63, 3.8) is 0 Å². The van der Waals surface area contributed by atoms with Gasteiger partial charge in [0.15, 0.2) is 11.5 Å². The second-order valence-corrected chi connectivity index (χ2v) is 11.8. The number of rotatable bonds is 8. The first-order chi connectivity index (χ1) is 18.3. The average molecular weight is 532 g/mol. The fourth-order valence-corrected chi connectivity index (χ4v) is 4.72. The molecule has 0 fully saturated rings. The van der Waals surface area contributed by atoms with Crippen molar-refractivity contribution in [3.8, 4) is 22.6 Å². The number of alkyl carbamates (subject to hydrolysis) is 1. The summed E-state index contributed by atoms with van der Waals surface area (Å²) in [5.41, 5.74) is 4.18. The van der Waals surface area contributed by atoms with Crippen molar-refractivity contribution in [1.82, 2.24) is 5.32 Å². The summed E-state index contributed by atoms with van der Waals surface area (Å²) < 4.78 is 17.7. The first-order valence-electron chi connectivity index (χ1n) is 13.2. The van der Waals surface area contributed by atoms with Crippen LogP contribution in [0.4, 0.5) is 4.79 Å². The maximum Gasteiger partial charge on any atom is 0.407 e. The van der Waals surface area contributed by atoms with Crippen LogP contribution in [0.25, 0.3) is 11.1 Å². The lowest BCUT2D eigenvalue weighted by atomic mass is 9.98. The Labute approximate surface area is 230 Å². The summed E-state index contributed by atoms with van der Waals surface area (Å²) in [6, 6.07) is 20.2. The van der Waals surface area contributed by atoms with E-state index in [0.717, 1.165) is 22.3 Å². The second kappa shape index (κ2) is 11.0. The number of fused-ring (bicyclic) bond motifs is 3. The predicted molar refractivity (Wildman–Crippen MR) is 151 cm³/mol. The molecule has 0 radical (unpaired) electrons. The maximum atomic E-state index is 12.8. The highest BCUT2D eigenvalue weighted by molar-refractivity contribution is 5.81. The highest BCUT2D eigenvalue weighted by atomic mass is 16.6. The van der Waals surface area contributed by atoms with E-state index in [1.807, 2.05) is 77.9 Å². The first-order valence-corrected chi connectivity index (χ1v) is 13.2. The van der Waals surface area contributed by atoms with Gasteiger partial charge < -0.3 is 24.6 Å². The molecule has 2 N–H and O–H groups in total. The van der Waals surface area contributed by atoms with Gasteiger partial charge in [0.05, 0.1) is 0 Å². The summed E-state index contributed by atoms with van der Waals surface area (Å²) in [5, 5.41) is 12.4. The van der Waals surface area contributed by atoms with Crippen LogP contribution >= 0.6 is 0 Å². The van der Waals surface area contributed by atoms with Gasteiger partial charge in [-0.2, -0.15) is 0 Å². The quantitative estimate of drug-likeness (QED) is 0.341. The van der Waals surface area contributed by atoms with Crippen LogP contribution in [0.5, 0.6) is 11.5 Å². The Hall–Kier alpha value is -4.00. The van der Waals surface area contributed by atoms with Crippen molar-refractivity contribution in [2.75, 3.05) is 6.61 Å². The van der Waals surface area contributed by atoms with E-state index in [9.17, 15) is 14.7 Å². The zero-order valence-corrected chi connectivity index (χ0v) is 23.4. The largest absolute Gasteiger partial charge is 0.484 e. The molecule has 3 aromatic carbocycles. The molecule has 1 aliphatic rings. The van der Waals surface area contributed by atoms with E-state index in [4.69, 9.17) is 14.2 Å². The minimum absolute atomic E-state index is 0.0514. The summed E-state index contributed by atoms with van der Waals surface area (Å²) in [6.07, 6.45) is -0.723. The molecule has 0 bridgehead atoms. The van der Waals surface area contributed by atoms with Crippen LogP contribution in [0.1, 0.15) is 64.2 Å². The smallest absolute Gasteiger partial charge is 0.407 e. The van der Waals surface area contributed by atoms with Crippen LogP contribution in [0.2, 0.25) is 0 Å². The van der Waals surface area contributed by atoms with Gasteiger partial charge in [0.2, 0.25) is 0 Å². The van der Waals surface area contributed by atoms with Gasteiger partial charge in [-0.05, 0) is 81.5 Å². The molecule has 1 atom stereocenters. The number of nitrogens with one attached hydrogen (secondary N) is 1.